The Morgan fingerprint density at radius 1 is 1.21 bits per heavy atom. The number of benzene rings is 1. The van der Waals surface area contributed by atoms with Crippen molar-refractivity contribution in [3.8, 4) is 0 Å². The SMILES string of the molecule is CN=C(NCC(C)(C)N1CCOCC1)N1CCC(COCc2ccccc2)C1.I. The van der Waals surface area contributed by atoms with Crippen LogP contribution in [0.3, 0.4) is 0 Å². The minimum atomic E-state index is 0. The molecule has 6 nitrogen and oxygen atoms in total. The second-order valence-electron chi connectivity index (χ2n) is 8.41. The van der Waals surface area contributed by atoms with Crippen LogP contribution in [0.5, 0.6) is 0 Å². The first-order chi connectivity index (χ1) is 13.6. The number of rotatable bonds is 7. The van der Waals surface area contributed by atoms with E-state index in [1.54, 1.807) is 0 Å². The fourth-order valence-corrected chi connectivity index (χ4v) is 3.99. The zero-order valence-electron chi connectivity index (χ0n) is 18.1. The molecule has 2 fully saturated rings. The highest BCUT2D eigenvalue weighted by Crippen LogP contribution is 2.19. The molecule has 2 saturated heterocycles. The number of halogens is 1. The molecule has 0 bridgehead atoms. The maximum absolute atomic E-state index is 5.95. The van der Waals surface area contributed by atoms with E-state index in [1.807, 2.05) is 13.1 Å². The summed E-state index contributed by atoms with van der Waals surface area (Å²) < 4.78 is 11.4. The third kappa shape index (κ3) is 7.38. The smallest absolute Gasteiger partial charge is 0.193 e. The molecule has 2 aliphatic rings. The molecule has 1 aromatic rings. The van der Waals surface area contributed by atoms with Gasteiger partial charge in [0.1, 0.15) is 0 Å². The second kappa shape index (κ2) is 12.1. The predicted octanol–water partition coefficient (Wildman–Crippen LogP) is 2.83. The van der Waals surface area contributed by atoms with Crippen molar-refractivity contribution < 1.29 is 9.47 Å². The number of nitrogens with zero attached hydrogens (tertiary/aromatic N) is 3. The van der Waals surface area contributed by atoms with Gasteiger partial charge in [-0.1, -0.05) is 30.3 Å². The van der Waals surface area contributed by atoms with Crippen molar-refractivity contribution in [3.05, 3.63) is 35.9 Å². The van der Waals surface area contributed by atoms with Crippen molar-refractivity contribution in [3.63, 3.8) is 0 Å². The van der Waals surface area contributed by atoms with E-state index in [-0.39, 0.29) is 29.5 Å². The zero-order chi connectivity index (χ0) is 19.8. The molecule has 164 valence electrons. The van der Waals surface area contributed by atoms with Gasteiger partial charge in [0.05, 0.1) is 26.4 Å². The first-order valence-electron chi connectivity index (χ1n) is 10.5. The molecule has 7 heteroatoms. The van der Waals surface area contributed by atoms with Gasteiger partial charge in [-0.2, -0.15) is 0 Å². The molecule has 1 aromatic carbocycles. The van der Waals surface area contributed by atoms with Gasteiger partial charge in [-0.05, 0) is 25.8 Å². The van der Waals surface area contributed by atoms with Crippen LogP contribution in [-0.2, 0) is 16.1 Å². The van der Waals surface area contributed by atoms with Gasteiger partial charge in [-0.25, -0.2) is 0 Å². The molecule has 3 rings (SSSR count). The summed E-state index contributed by atoms with van der Waals surface area (Å²) in [6.07, 6.45) is 1.16. The highest BCUT2D eigenvalue weighted by atomic mass is 127. The van der Waals surface area contributed by atoms with Crippen molar-refractivity contribution in [1.29, 1.82) is 0 Å². The van der Waals surface area contributed by atoms with Gasteiger partial charge < -0.3 is 19.7 Å². The van der Waals surface area contributed by atoms with Gasteiger partial charge in [-0.3, -0.25) is 9.89 Å². The van der Waals surface area contributed by atoms with E-state index in [2.05, 4.69) is 58.2 Å². The summed E-state index contributed by atoms with van der Waals surface area (Å²) in [5.74, 6) is 1.57. The van der Waals surface area contributed by atoms with Gasteiger partial charge in [-0.15, -0.1) is 24.0 Å². The number of morpholine rings is 1. The largest absolute Gasteiger partial charge is 0.379 e. The maximum Gasteiger partial charge on any atom is 0.193 e. The number of likely N-dealkylation sites (tertiary alicyclic amines) is 1. The van der Waals surface area contributed by atoms with Crippen molar-refractivity contribution >= 4 is 29.9 Å². The topological polar surface area (TPSA) is 49.3 Å². The minimum Gasteiger partial charge on any atom is -0.379 e. The van der Waals surface area contributed by atoms with E-state index < -0.39 is 0 Å². The Morgan fingerprint density at radius 3 is 2.62 bits per heavy atom. The monoisotopic (exact) mass is 516 g/mol. The summed E-state index contributed by atoms with van der Waals surface area (Å²) in [7, 11) is 1.88. The number of hydrogen-bond acceptors (Lipinski definition) is 4. The van der Waals surface area contributed by atoms with Gasteiger partial charge in [0.15, 0.2) is 5.96 Å². The Morgan fingerprint density at radius 2 is 1.93 bits per heavy atom. The van der Waals surface area contributed by atoms with Crippen molar-refractivity contribution in [2.75, 3.05) is 59.6 Å². The molecule has 2 aliphatic heterocycles. The van der Waals surface area contributed by atoms with Crippen LogP contribution in [0.4, 0.5) is 0 Å². The molecule has 1 N–H and O–H groups in total. The average molecular weight is 516 g/mol. The van der Waals surface area contributed by atoms with Gasteiger partial charge in [0, 0.05) is 51.2 Å². The Balaban J connectivity index is 0.00000300. The lowest BCUT2D eigenvalue weighted by Gasteiger charge is -2.41. The molecular weight excluding hydrogens is 479 g/mol. The number of nitrogens with one attached hydrogen (secondary N) is 1. The van der Waals surface area contributed by atoms with E-state index >= 15 is 0 Å². The molecule has 1 unspecified atom stereocenters. The molecule has 0 aliphatic carbocycles. The van der Waals surface area contributed by atoms with Gasteiger partial charge in [0.2, 0.25) is 0 Å². The number of aliphatic imine (C=N–C) groups is 1. The standard InChI is InChI=1S/C22H36N4O2.HI/c1-22(2,26-11-13-27-14-12-26)18-24-21(23-3)25-10-9-20(15-25)17-28-16-19-7-5-4-6-8-19;/h4-8,20H,9-18H2,1-3H3,(H,23,24);1H. The molecule has 0 radical (unpaired) electrons. The molecule has 0 aromatic heterocycles. The van der Waals surface area contributed by atoms with E-state index in [4.69, 9.17) is 9.47 Å². The van der Waals surface area contributed by atoms with Crippen LogP contribution < -0.4 is 5.32 Å². The van der Waals surface area contributed by atoms with Crippen LogP contribution in [0, 0.1) is 5.92 Å². The first-order valence-corrected chi connectivity index (χ1v) is 10.5. The summed E-state index contributed by atoms with van der Waals surface area (Å²) in [5, 5.41) is 3.60. The Hall–Kier alpha value is -0.900. The van der Waals surface area contributed by atoms with Crippen LogP contribution in [0.25, 0.3) is 0 Å². The predicted molar refractivity (Wildman–Crippen MR) is 129 cm³/mol. The van der Waals surface area contributed by atoms with Crippen LogP contribution in [0.15, 0.2) is 35.3 Å². The molecule has 0 spiro atoms. The maximum atomic E-state index is 5.95. The summed E-state index contributed by atoms with van der Waals surface area (Å²) in [4.78, 5) is 9.40. The molecule has 29 heavy (non-hydrogen) atoms. The fraction of sp³-hybridized carbons (Fsp3) is 0.682. The third-order valence-corrected chi connectivity index (χ3v) is 5.81. The second-order valence-corrected chi connectivity index (χ2v) is 8.41. The summed E-state index contributed by atoms with van der Waals surface area (Å²) >= 11 is 0. The van der Waals surface area contributed by atoms with Gasteiger partial charge >= 0.3 is 0 Å². The quantitative estimate of drug-likeness (QED) is 0.343. The Kier molecular flexibility index (Phi) is 10.1. The van der Waals surface area contributed by atoms with Crippen molar-refractivity contribution in [1.82, 2.24) is 15.1 Å². The summed E-state index contributed by atoms with van der Waals surface area (Å²) in [6, 6.07) is 10.4. The summed E-state index contributed by atoms with van der Waals surface area (Å²) in [6.45, 7) is 12.7. The van der Waals surface area contributed by atoms with Crippen LogP contribution in [-0.4, -0.2) is 80.9 Å². The van der Waals surface area contributed by atoms with Crippen molar-refractivity contribution in [2.24, 2.45) is 10.9 Å². The van der Waals surface area contributed by atoms with E-state index in [0.717, 1.165) is 64.9 Å². The molecule has 0 amide bonds. The van der Waals surface area contributed by atoms with Crippen LogP contribution >= 0.6 is 24.0 Å². The zero-order valence-corrected chi connectivity index (χ0v) is 20.4. The third-order valence-electron chi connectivity index (χ3n) is 5.81. The lowest BCUT2D eigenvalue weighted by Crippen LogP contribution is -2.56. The van der Waals surface area contributed by atoms with E-state index in [9.17, 15) is 0 Å². The number of ether oxygens (including phenoxy) is 2. The van der Waals surface area contributed by atoms with Crippen LogP contribution in [0.2, 0.25) is 0 Å². The van der Waals surface area contributed by atoms with E-state index in [0.29, 0.717) is 12.5 Å². The molecular formula is C22H37IN4O2. The first kappa shape index (κ1) is 24.4. The fourth-order valence-electron chi connectivity index (χ4n) is 3.99. The van der Waals surface area contributed by atoms with Gasteiger partial charge in [0.25, 0.3) is 0 Å². The minimum absolute atomic E-state index is 0. The highest BCUT2D eigenvalue weighted by Gasteiger charge is 2.30. The lowest BCUT2D eigenvalue weighted by molar-refractivity contribution is -0.00847. The Bertz CT molecular complexity index is 620. The molecule has 1 atom stereocenters. The summed E-state index contributed by atoms with van der Waals surface area (Å²) in [5.41, 5.74) is 1.32. The number of guanidine groups is 1. The molecule has 0 saturated carbocycles. The normalized spacial score (nSPS) is 21.1. The van der Waals surface area contributed by atoms with Crippen LogP contribution in [0.1, 0.15) is 25.8 Å². The van der Waals surface area contributed by atoms with E-state index in [1.165, 1.54) is 5.56 Å². The highest BCUT2D eigenvalue weighted by molar-refractivity contribution is 14.0. The number of hydrogen-bond donors (Lipinski definition) is 1. The van der Waals surface area contributed by atoms with Crippen molar-refractivity contribution in [2.45, 2.75) is 32.4 Å². The lowest BCUT2D eigenvalue weighted by atomic mass is 10.0. The average Bonchev–Trinajstić information content (AvgIpc) is 3.18. The molecule has 2 heterocycles. The Labute approximate surface area is 193 Å².